The molecule has 3 rings (SSSR count). The lowest BCUT2D eigenvalue weighted by Gasteiger charge is -2.37. The normalized spacial score (nSPS) is 11.5. The van der Waals surface area contributed by atoms with Gasteiger partial charge in [-0.1, -0.05) is 35.8 Å². The number of rotatable bonds is 10. The zero-order chi connectivity index (χ0) is 27.2. The Balaban J connectivity index is 1.65. The molecule has 0 unspecified atom stereocenters. The molecule has 1 heterocycles. The van der Waals surface area contributed by atoms with Crippen molar-refractivity contribution in [2.75, 3.05) is 5.32 Å². The third kappa shape index (κ3) is 7.32. The summed E-state index contributed by atoms with van der Waals surface area (Å²) in [6, 6.07) is 12.8. The molecule has 0 fully saturated rings. The Morgan fingerprint density at radius 3 is 2.38 bits per heavy atom. The predicted molar refractivity (Wildman–Crippen MR) is 136 cm³/mol. The van der Waals surface area contributed by atoms with E-state index in [1.165, 1.54) is 12.3 Å². The number of carbonyl (C=O) groups excluding carboxylic acids is 1. The van der Waals surface area contributed by atoms with Gasteiger partial charge in [0.05, 0.1) is 17.4 Å². The minimum absolute atomic E-state index is 0.0399. The average molecular weight is 507 g/mol. The van der Waals surface area contributed by atoms with Gasteiger partial charge in [0.1, 0.15) is 6.07 Å². The number of amides is 1. The number of nitriles is 1. The fourth-order valence-electron chi connectivity index (χ4n) is 3.03. The Labute approximate surface area is 215 Å². The third-order valence-electron chi connectivity index (χ3n) is 6.10. The number of anilines is 1. The van der Waals surface area contributed by atoms with Crippen molar-refractivity contribution in [1.82, 2.24) is 15.3 Å². The molecule has 1 amide bonds. The molecule has 3 N–H and O–H groups in total. The van der Waals surface area contributed by atoms with E-state index in [2.05, 4.69) is 20.6 Å². The number of halogens is 2. The number of nitrogens with one attached hydrogen (secondary N) is 2. The zero-order valence-corrected chi connectivity index (χ0v) is 21.1. The number of aliphatic hydroxyl groups is 1. The lowest BCUT2D eigenvalue weighted by molar-refractivity contribution is -0.0893. The average Bonchev–Trinajstić information content (AvgIpc) is 2.86. The van der Waals surface area contributed by atoms with Crippen LogP contribution in [0.25, 0.3) is 0 Å². The number of hydrogen-bond acceptors (Lipinski definition) is 7. The number of aromatic nitrogens is 2. The summed E-state index contributed by atoms with van der Waals surface area (Å²) in [7, 11) is 0.327. The van der Waals surface area contributed by atoms with Crippen molar-refractivity contribution in [3.05, 3.63) is 82.8 Å². The zero-order valence-electron chi connectivity index (χ0n) is 21.1. The third-order valence-corrected chi connectivity index (χ3v) is 6.10. The molecule has 0 spiro atoms. The lowest BCUT2D eigenvalue weighted by atomic mass is 9.82. The van der Waals surface area contributed by atoms with Gasteiger partial charge in [0.2, 0.25) is 0 Å². The van der Waals surface area contributed by atoms with Gasteiger partial charge < -0.3 is 20.4 Å². The fourth-order valence-corrected chi connectivity index (χ4v) is 3.03. The van der Waals surface area contributed by atoms with Gasteiger partial charge in [-0.15, -0.1) is 0 Å². The highest BCUT2D eigenvalue weighted by Gasteiger charge is 2.35. The monoisotopic (exact) mass is 507 g/mol. The molecule has 37 heavy (non-hydrogen) atoms. The highest BCUT2D eigenvalue weighted by atomic mass is 19.2. The smallest absolute Gasteiger partial charge is 0.309 e. The molecule has 0 radical (unpaired) electrons. The fraction of sp³-hybridized carbons (Fsp3) is 0.308. The Morgan fingerprint density at radius 1 is 1.08 bits per heavy atom. The van der Waals surface area contributed by atoms with Gasteiger partial charge in [0, 0.05) is 13.1 Å². The second-order valence-electron chi connectivity index (χ2n) is 9.52. The molecule has 2 aromatic carbocycles. The van der Waals surface area contributed by atoms with Crippen molar-refractivity contribution in [1.29, 1.82) is 5.26 Å². The summed E-state index contributed by atoms with van der Waals surface area (Å²) in [6.07, 6.45) is 1.25. The van der Waals surface area contributed by atoms with E-state index >= 15 is 0 Å². The Hall–Kier alpha value is -3.88. The van der Waals surface area contributed by atoms with E-state index < -0.39 is 28.7 Å². The van der Waals surface area contributed by atoms with Crippen molar-refractivity contribution in [3.63, 3.8) is 0 Å². The van der Waals surface area contributed by atoms with Crippen LogP contribution in [-0.2, 0) is 17.7 Å². The van der Waals surface area contributed by atoms with Gasteiger partial charge in [-0.25, -0.2) is 18.7 Å². The van der Waals surface area contributed by atoms with E-state index in [-0.39, 0.29) is 23.8 Å². The molecule has 0 atom stereocenters. The van der Waals surface area contributed by atoms with E-state index in [1.54, 1.807) is 13.8 Å². The van der Waals surface area contributed by atoms with Gasteiger partial charge >= 0.3 is 7.48 Å². The van der Waals surface area contributed by atoms with Gasteiger partial charge in [0.25, 0.3) is 5.91 Å². The summed E-state index contributed by atoms with van der Waals surface area (Å²) in [5, 5.41) is 25.0. The Bertz CT molecular complexity index is 1310. The first kappa shape index (κ1) is 27.7. The van der Waals surface area contributed by atoms with Crippen molar-refractivity contribution < 1.29 is 23.3 Å². The molecule has 0 bridgehead atoms. The summed E-state index contributed by atoms with van der Waals surface area (Å²) >= 11 is 0. The molecule has 0 aliphatic rings. The van der Waals surface area contributed by atoms with E-state index in [0.29, 0.717) is 19.6 Å². The largest absolute Gasteiger partial charge is 0.427 e. The summed E-state index contributed by atoms with van der Waals surface area (Å²) in [6.45, 7) is 7.31. The molecular formula is C26H28BF2N5O3. The maximum atomic E-state index is 13.4. The number of nitrogens with zero attached hydrogens (tertiary/aromatic N) is 3. The van der Waals surface area contributed by atoms with Crippen molar-refractivity contribution >= 4 is 24.7 Å². The predicted octanol–water partition coefficient (Wildman–Crippen LogP) is 2.71. The van der Waals surface area contributed by atoms with Crippen LogP contribution in [0.5, 0.6) is 0 Å². The van der Waals surface area contributed by atoms with Crippen LogP contribution in [0.15, 0.2) is 48.7 Å². The Morgan fingerprint density at radius 2 is 1.76 bits per heavy atom. The van der Waals surface area contributed by atoms with Gasteiger partial charge in [0.15, 0.2) is 28.8 Å². The topological polar surface area (TPSA) is 120 Å². The lowest BCUT2D eigenvalue weighted by Crippen LogP contribution is -2.49. The minimum atomic E-state index is -1.01. The second-order valence-corrected chi connectivity index (χ2v) is 9.52. The standard InChI is InChI=1S/C26H28BF2N5O3/c1-25(2,36)26(3,4)37-27-18-8-5-16(6-9-18)13-31-23-22(34-19(12-30)15-32-23)24(35)33-14-17-7-10-20(28)21(29)11-17/h5-11,15,27,36H,13-14H2,1-4H3,(H,31,32)(H,33,35). The van der Waals surface area contributed by atoms with E-state index in [9.17, 15) is 18.7 Å². The number of benzene rings is 2. The summed E-state index contributed by atoms with van der Waals surface area (Å²) < 4.78 is 32.5. The highest BCUT2D eigenvalue weighted by Crippen LogP contribution is 2.24. The van der Waals surface area contributed by atoms with E-state index in [4.69, 9.17) is 9.92 Å². The molecule has 0 saturated carbocycles. The second kappa shape index (κ2) is 11.5. The molecule has 0 saturated heterocycles. The van der Waals surface area contributed by atoms with Crippen molar-refractivity contribution in [2.24, 2.45) is 0 Å². The quantitative estimate of drug-likeness (QED) is 0.361. The summed E-state index contributed by atoms with van der Waals surface area (Å²) in [5.74, 6) is -2.45. The van der Waals surface area contributed by atoms with E-state index in [0.717, 1.165) is 23.2 Å². The van der Waals surface area contributed by atoms with Crippen molar-refractivity contribution in [3.8, 4) is 6.07 Å². The van der Waals surface area contributed by atoms with E-state index in [1.807, 2.05) is 44.2 Å². The Kier molecular flexibility index (Phi) is 8.58. The first-order valence-corrected chi connectivity index (χ1v) is 11.6. The summed E-state index contributed by atoms with van der Waals surface area (Å²) in [4.78, 5) is 21.0. The van der Waals surface area contributed by atoms with Crippen LogP contribution in [0.4, 0.5) is 14.6 Å². The molecule has 192 valence electrons. The van der Waals surface area contributed by atoms with Crippen LogP contribution >= 0.6 is 0 Å². The van der Waals surface area contributed by atoms with Crippen LogP contribution in [0.1, 0.15) is 55.0 Å². The SMILES string of the molecule is CC(C)(O)C(C)(C)OBc1ccc(CNc2ncc(C#N)nc2C(=O)NCc2ccc(F)c(F)c2)cc1. The highest BCUT2D eigenvalue weighted by molar-refractivity contribution is 6.47. The molecule has 3 aromatic rings. The molecule has 0 aliphatic carbocycles. The summed E-state index contributed by atoms with van der Waals surface area (Å²) in [5.41, 5.74) is 0.312. The first-order chi connectivity index (χ1) is 17.4. The maximum absolute atomic E-state index is 13.4. The van der Waals surface area contributed by atoms with Crippen LogP contribution in [0.2, 0.25) is 0 Å². The minimum Gasteiger partial charge on any atom is -0.427 e. The molecule has 11 heteroatoms. The number of carbonyl (C=O) groups is 1. The van der Waals surface area contributed by atoms with Crippen LogP contribution in [0, 0.1) is 23.0 Å². The van der Waals surface area contributed by atoms with Gasteiger partial charge in [-0.3, -0.25) is 4.79 Å². The molecule has 0 aliphatic heterocycles. The molecular weight excluding hydrogens is 479 g/mol. The van der Waals surface area contributed by atoms with Gasteiger partial charge in [-0.2, -0.15) is 5.26 Å². The molecule has 8 nitrogen and oxygen atoms in total. The van der Waals surface area contributed by atoms with Gasteiger partial charge in [-0.05, 0) is 51.0 Å². The maximum Gasteiger partial charge on any atom is 0.309 e. The number of hydrogen-bond donors (Lipinski definition) is 3. The van der Waals surface area contributed by atoms with Crippen LogP contribution in [0.3, 0.4) is 0 Å². The first-order valence-electron chi connectivity index (χ1n) is 11.6. The van der Waals surface area contributed by atoms with Crippen LogP contribution in [-0.4, -0.2) is 39.7 Å². The van der Waals surface area contributed by atoms with Crippen LogP contribution < -0.4 is 16.1 Å². The molecule has 1 aromatic heterocycles. The van der Waals surface area contributed by atoms with Crippen molar-refractivity contribution in [2.45, 2.75) is 52.0 Å².